The maximum Gasteiger partial charge on any atom is 0.239 e. The van der Waals surface area contributed by atoms with Gasteiger partial charge in [-0.2, -0.15) is 0 Å². The molecule has 4 aromatic rings. The Morgan fingerprint density at radius 2 is 0.984 bits per heavy atom. The molecule has 0 aliphatic carbocycles. The molecule has 2 amide bonds. The average Bonchev–Trinajstić information content (AvgIpc) is 3.27. The van der Waals surface area contributed by atoms with Gasteiger partial charge in [0.1, 0.15) is 24.7 Å². The van der Waals surface area contributed by atoms with Gasteiger partial charge in [-0.3, -0.25) is 19.4 Å². The Morgan fingerprint density at radius 1 is 0.578 bits per heavy atom. The lowest BCUT2D eigenvalue weighted by atomic mass is 9.92. The van der Waals surface area contributed by atoms with E-state index in [9.17, 15) is 9.59 Å². The molecule has 2 atom stereocenters. The first-order chi connectivity index (χ1) is 30.7. The van der Waals surface area contributed by atoms with Crippen molar-refractivity contribution in [1.29, 1.82) is 0 Å². The van der Waals surface area contributed by atoms with E-state index in [0.717, 1.165) is 134 Å². The van der Waals surface area contributed by atoms with Gasteiger partial charge < -0.3 is 29.1 Å². The predicted octanol–water partition coefficient (Wildman–Crippen LogP) is 9.40. The number of hydrogen-bond donors (Lipinski definition) is 0. The highest BCUT2D eigenvalue weighted by atomic mass is 79.9. The van der Waals surface area contributed by atoms with E-state index in [1.165, 1.54) is 22.3 Å². The quantitative estimate of drug-likeness (QED) is 0.0922. The van der Waals surface area contributed by atoms with Crippen LogP contribution in [0.1, 0.15) is 71.9 Å². The molecule has 2 fully saturated rings. The number of carbonyl (C=O) groups excluding carboxylic acids is 2. The minimum Gasteiger partial charge on any atom is -0.488 e. The van der Waals surface area contributed by atoms with Crippen LogP contribution in [-0.4, -0.2) is 135 Å². The first-order valence-corrected chi connectivity index (χ1v) is 24.6. The Bertz CT molecular complexity index is 2050. The van der Waals surface area contributed by atoms with Crippen molar-refractivity contribution in [3.63, 3.8) is 0 Å². The van der Waals surface area contributed by atoms with E-state index in [-0.39, 0.29) is 23.9 Å². The van der Waals surface area contributed by atoms with Gasteiger partial charge in [-0.25, -0.2) is 0 Å². The van der Waals surface area contributed by atoms with E-state index in [2.05, 4.69) is 126 Å². The molecule has 6 rings (SSSR count). The third kappa shape index (κ3) is 13.2. The molecule has 0 unspecified atom stereocenters. The number of carbonyl (C=O) groups is 2. The Morgan fingerprint density at radius 3 is 1.36 bits per heavy atom. The fourth-order valence-electron chi connectivity index (χ4n) is 8.91. The molecule has 0 bridgehead atoms. The first-order valence-electron chi connectivity index (χ1n) is 23.0. The number of piperidine rings is 2. The van der Waals surface area contributed by atoms with Crippen LogP contribution in [0.3, 0.4) is 0 Å². The van der Waals surface area contributed by atoms with Crippen LogP contribution < -0.4 is 9.47 Å². The van der Waals surface area contributed by atoms with Crippen LogP contribution in [0.4, 0.5) is 0 Å². The number of nitrogens with zero attached hydrogens (tertiary/aromatic N) is 6. The van der Waals surface area contributed by atoms with Crippen LogP contribution in [0.5, 0.6) is 11.5 Å². The molecule has 2 saturated heterocycles. The van der Waals surface area contributed by atoms with E-state index in [1.807, 2.05) is 64.2 Å². The summed E-state index contributed by atoms with van der Waals surface area (Å²) in [5.41, 5.74) is 9.30. The molecule has 0 radical (unpaired) electrons. The number of hydrogen-bond acceptors (Lipinski definition) is 8. The van der Waals surface area contributed by atoms with Gasteiger partial charge in [-0.05, 0) is 181 Å². The number of benzene rings is 4. The number of rotatable bonds is 19. The lowest BCUT2D eigenvalue weighted by Gasteiger charge is -2.37. The van der Waals surface area contributed by atoms with Crippen molar-refractivity contribution in [2.75, 3.05) is 81.6 Å². The monoisotopic (exact) mass is 1000 g/mol. The largest absolute Gasteiger partial charge is 0.488 e. The van der Waals surface area contributed by atoms with Crippen LogP contribution in [0.2, 0.25) is 0 Å². The van der Waals surface area contributed by atoms with Crippen molar-refractivity contribution >= 4 is 43.7 Å². The molecule has 64 heavy (non-hydrogen) atoms. The van der Waals surface area contributed by atoms with Crippen LogP contribution in [0, 0.1) is 13.8 Å². The van der Waals surface area contributed by atoms with E-state index < -0.39 is 0 Å². The van der Waals surface area contributed by atoms with Crippen molar-refractivity contribution in [3.8, 4) is 22.6 Å². The highest BCUT2D eigenvalue weighted by molar-refractivity contribution is 9.11. The van der Waals surface area contributed by atoms with Crippen molar-refractivity contribution in [2.45, 2.75) is 90.8 Å². The van der Waals surface area contributed by atoms with Gasteiger partial charge in [0.05, 0.1) is 21.0 Å². The minimum atomic E-state index is -0.0860. The molecule has 2 aliphatic heterocycles. The van der Waals surface area contributed by atoms with E-state index in [4.69, 9.17) is 9.47 Å². The third-order valence-electron chi connectivity index (χ3n) is 13.0. The number of likely N-dealkylation sites (N-methyl/N-ethyl adjacent to an activating group) is 4. The molecule has 10 nitrogen and oxygen atoms in total. The van der Waals surface area contributed by atoms with Gasteiger partial charge in [0.2, 0.25) is 11.8 Å². The topological polar surface area (TPSA) is 72.0 Å². The summed E-state index contributed by atoms with van der Waals surface area (Å²) in [6.45, 7) is 11.7. The summed E-state index contributed by atoms with van der Waals surface area (Å²) in [5, 5.41) is 0. The standard InChI is InChI=1S/C52H70Br2N6O4/c1-37-41(35-63-49-23-21-39(31-45(49)53)33-59-25-11-9-19-47(59)51(61)57(7)29-27-55(3)4)15-13-17-43(37)44-18-14-16-42(38(44)2)36-64-50-24-22-40(32-46(50)54)34-60-26-12-10-20-48(60)52(62)58(8)30-28-56(5)6/h13-18,21-24,31-32,47-48H,9-12,19-20,25-30,33-36H2,1-8H3/t47-,48-/m0/s1. The first kappa shape index (κ1) is 49.6. The number of ether oxygens (including phenoxy) is 2. The molecule has 2 aliphatic rings. The molecule has 0 N–H and O–H groups in total. The van der Waals surface area contributed by atoms with Crippen LogP contribution in [-0.2, 0) is 35.9 Å². The Kier molecular flexibility index (Phi) is 18.3. The third-order valence-corrected chi connectivity index (χ3v) is 14.3. The molecular weight excluding hydrogens is 932 g/mol. The lowest BCUT2D eigenvalue weighted by molar-refractivity contribution is -0.138. The highest BCUT2D eigenvalue weighted by Crippen LogP contribution is 2.34. The SMILES string of the molecule is Cc1c(COc2ccc(CN3CCCC[C@H]3C(=O)N(C)CCN(C)C)cc2Br)cccc1-c1cccc(COc2ccc(CN3CCCC[C@H]3C(=O)N(C)CCN(C)C)cc2Br)c1C. The zero-order valence-electron chi connectivity index (χ0n) is 39.5. The average molecular weight is 1000 g/mol. The maximum absolute atomic E-state index is 13.5. The van der Waals surface area contributed by atoms with E-state index >= 15 is 0 Å². The van der Waals surface area contributed by atoms with E-state index in [0.29, 0.717) is 13.2 Å². The predicted molar refractivity (Wildman–Crippen MR) is 267 cm³/mol. The molecule has 346 valence electrons. The van der Waals surface area contributed by atoms with Crippen molar-refractivity contribution in [2.24, 2.45) is 0 Å². The molecule has 0 spiro atoms. The maximum atomic E-state index is 13.5. The van der Waals surface area contributed by atoms with Gasteiger partial charge in [0, 0.05) is 53.4 Å². The number of amides is 2. The van der Waals surface area contributed by atoms with Crippen molar-refractivity contribution < 1.29 is 19.1 Å². The van der Waals surface area contributed by atoms with Gasteiger partial charge in [0.15, 0.2) is 0 Å². The lowest BCUT2D eigenvalue weighted by Crippen LogP contribution is -2.50. The zero-order valence-corrected chi connectivity index (χ0v) is 42.6. The second-order valence-corrected chi connectivity index (χ2v) is 20.1. The van der Waals surface area contributed by atoms with Gasteiger partial charge >= 0.3 is 0 Å². The molecular formula is C52H70Br2N6O4. The minimum absolute atomic E-state index is 0.0860. The Labute approximate surface area is 400 Å². The summed E-state index contributed by atoms with van der Waals surface area (Å²) in [5.74, 6) is 2.03. The normalized spacial score (nSPS) is 17.2. The molecule has 2 heterocycles. The summed E-state index contributed by atoms with van der Waals surface area (Å²) in [6, 6.07) is 25.3. The van der Waals surface area contributed by atoms with Crippen LogP contribution in [0.15, 0.2) is 81.7 Å². The fraction of sp³-hybridized carbons (Fsp3) is 0.500. The van der Waals surface area contributed by atoms with Crippen molar-refractivity contribution in [3.05, 3.63) is 115 Å². The summed E-state index contributed by atoms with van der Waals surface area (Å²) >= 11 is 7.60. The number of likely N-dealkylation sites (tertiary alicyclic amines) is 2. The summed E-state index contributed by atoms with van der Waals surface area (Å²) < 4.78 is 14.7. The van der Waals surface area contributed by atoms with E-state index in [1.54, 1.807) is 0 Å². The molecule has 4 aromatic carbocycles. The second kappa shape index (κ2) is 23.6. The smallest absolute Gasteiger partial charge is 0.239 e. The number of halogens is 2. The van der Waals surface area contributed by atoms with Crippen molar-refractivity contribution in [1.82, 2.24) is 29.4 Å². The fourth-order valence-corrected chi connectivity index (χ4v) is 9.99. The summed E-state index contributed by atoms with van der Waals surface area (Å²) in [4.78, 5) is 39.6. The van der Waals surface area contributed by atoms with Gasteiger partial charge in [-0.1, -0.05) is 61.4 Å². The Hall–Kier alpha value is -3.78. The zero-order chi connectivity index (χ0) is 45.9. The molecule has 0 saturated carbocycles. The summed E-state index contributed by atoms with van der Waals surface area (Å²) in [7, 11) is 12.0. The van der Waals surface area contributed by atoms with Crippen LogP contribution in [0.25, 0.3) is 11.1 Å². The van der Waals surface area contributed by atoms with Gasteiger partial charge in [-0.15, -0.1) is 0 Å². The summed E-state index contributed by atoms with van der Waals surface area (Å²) in [6.07, 6.45) is 6.19. The molecule has 12 heteroatoms. The second-order valence-electron chi connectivity index (χ2n) is 18.4. The molecule has 0 aromatic heterocycles. The van der Waals surface area contributed by atoms with Gasteiger partial charge in [0.25, 0.3) is 0 Å². The van der Waals surface area contributed by atoms with Crippen LogP contribution >= 0.6 is 31.9 Å². The Balaban J connectivity index is 1.06. The highest BCUT2D eigenvalue weighted by Gasteiger charge is 2.32.